The van der Waals surface area contributed by atoms with Crippen LogP contribution in [0.15, 0.2) is 0 Å². The van der Waals surface area contributed by atoms with E-state index in [4.69, 9.17) is 0 Å². The van der Waals surface area contributed by atoms with Crippen molar-refractivity contribution in [3.8, 4) is 0 Å². The zero-order chi connectivity index (χ0) is 15.3. The molecule has 2 rings (SSSR count). The molecule has 2 fully saturated rings. The number of nitrogens with zero attached hydrogens (tertiary/aromatic N) is 1. The number of hydrogen-bond donors (Lipinski definition) is 2. The lowest BCUT2D eigenvalue weighted by Crippen LogP contribution is -2.46. The Balaban J connectivity index is 1.90. The lowest BCUT2D eigenvalue weighted by Gasteiger charge is -2.42. The maximum Gasteiger partial charge on any atom is 0.0552 e. The van der Waals surface area contributed by atoms with Crippen LogP contribution in [-0.2, 0) is 0 Å². The van der Waals surface area contributed by atoms with Gasteiger partial charge in [-0.05, 0) is 62.9 Å². The summed E-state index contributed by atoms with van der Waals surface area (Å²) in [5.74, 6) is 1.40. The fraction of sp³-hybridized carbons (Fsp3) is 1.00. The SMILES string of the molecule is CCCNCC1(CN2CCC(C(C)O)C2)CCC(C)CC1. The average molecular weight is 296 g/mol. The minimum atomic E-state index is -0.143. The molecule has 124 valence electrons. The second kappa shape index (κ2) is 7.94. The third kappa shape index (κ3) is 4.94. The molecule has 0 aromatic heterocycles. The van der Waals surface area contributed by atoms with Crippen molar-refractivity contribution in [2.75, 3.05) is 32.7 Å². The van der Waals surface area contributed by atoms with Gasteiger partial charge in [0, 0.05) is 19.6 Å². The van der Waals surface area contributed by atoms with Crippen molar-refractivity contribution in [2.45, 2.75) is 65.4 Å². The largest absolute Gasteiger partial charge is 0.393 e. The Morgan fingerprint density at radius 3 is 2.57 bits per heavy atom. The van der Waals surface area contributed by atoms with E-state index < -0.39 is 0 Å². The van der Waals surface area contributed by atoms with Crippen LogP contribution in [0.5, 0.6) is 0 Å². The van der Waals surface area contributed by atoms with E-state index >= 15 is 0 Å². The predicted octanol–water partition coefficient (Wildman–Crippen LogP) is 2.89. The number of hydrogen-bond acceptors (Lipinski definition) is 3. The highest BCUT2D eigenvalue weighted by Crippen LogP contribution is 2.40. The molecule has 1 aliphatic heterocycles. The first-order valence-electron chi connectivity index (χ1n) is 9.16. The maximum atomic E-state index is 9.81. The molecule has 0 bridgehead atoms. The zero-order valence-corrected chi connectivity index (χ0v) is 14.4. The van der Waals surface area contributed by atoms with Gasteiger partial charge in [0.1, 0.15) is 0 Å². The third-order valence-electron chi connectivity index (χ3n) is 5.81. The molecule has 0 spiro atoms. The molecule has 0 aromatic rings. The average Bonchev–Trinajstić information content (AvgIpc) is 2.91. The van der Waals surface area contributed by atoms with Gasteiger partial charge in [-0.3, -0.25) is 0 Å². The summed E-state index contributed by atoms with van der Waals surface area (Å²) in [6, 6.07) is 0. The summed E-state index contributed by atoms with van der Waals surface area (Å²) in [6.07, 6.45) is 7.78. The molecular weight excluding hydrogens is 260 g/mol. The summed E-state index contributed by atoms with van der Waals surface area (Å²) in [6.45, 7) is 12.5. The van der Waals surface area contributed by atoms with Crippen molar-refractivity contribution < 1.29 is 5.11 Å². The number of aliphatic hydroxyl groups excluding tert-OH is 1. The van der Waals surface area contributed by atoms with Crippen molar-refractivity contribution in [1.82, 2.24) is 10.2 Å². The Morgan fingerprint density at radius 2 is 2.00 bits per heavy atom. The second-order valence-electron chi connectivity index (χ2n) is 7.88. The lowest BCUT2D eigenvalue weighted by molar-refractivity contribution is 0.0858. The van der Waals surface area contributed by atoms with Crippen LogP contribution >= 0.6 is 0 Å². The molecule has 21 heavy (non-hydrogen) atoms. The molecule has 2 atom stereocenters. The molecule has 1 aliphatic carbocycles. The molecule has 0 aromatic carbocycles. The van der Waals surface area contributed by atoms with E-state index in [2.05, 4.69) is 24.1 Å². The molecule has 1 saturated carbocycles. The third-order valence-corrected chi connectivity index (χ3v) is 5.81. The van der Waals surface area contributed by atoms with Crippen molar-refractivity contribution in [1.29, 1.82) is 0 Å². The van der Waals surface area contributed by atoms with Gasteiger partial charge in [0.2, 0.25) is 0 Å². The fourth-order valence-electron chi connectivity index (χ4n) is 4.17. The highest BCUT2D eigenvalue weighted by atomic mass is 16.3. The van der Waals surface area contributed by atoms with Crippen molar-refractivity contribution >= 4 is 0 Å². The van der Waals surface area contributed by atoms with E-state index in [0.29, 0.717) is 11.3 Å². The molecule has 0 radical (unpaired) electrons. The van der Waals surface area contributed by atoms with E-state index in [-0.39, 0.29) is 6.10 Å². The van der Waals surface area contributed by atoms with Gasteiger partial charge >= 0.3 is 0 Å². The lowest BCUT2D eigenvalue weighted by atomic mass is 9.70. The molecule has 2 unspecified atom stereocenters. The summed E-state index contributed by atoms with van der Waals surface area (Å²) in [5.41, 5.74) is 0.481. The van der Waals surface area contributed by atoms with Crippen LogP contribution in [0, 0.1) is 17.3 Å². The van der Waals surface area contributed by atoms with Crippen LogP contribution in [0.3, 0.4) is 0 Å². The van der Waals surface area contributed by atoms with Crippen LogP contribution in [0.4, 0.5) is 0 Å². The minimum absolute atomic E-state index is 0.143. The summed E-state index contributed by atoms with van der Waals surface area (Å²) >= 11 is 0. The summed E-state index contributed by atoms with van der Waals surface area (Å²) in [4.78, 5) is 2.63. The molecule has 3 heteroatoms. The van der Waals surface area contributed by atoms with Gasteiger partial charge in [-0.15, -0.1) is 0 Å². The molecular formula is C18H36N2O. The normalized spacial score (nSPS) is 36.0. The van der Waals surface area contributed by atoms with Crippen molar-refractivity contribution in [3.63, 3.8) is 0 Å². The van der Waals surface area contributed by atoms with E-state index in [0.717, 1.165) is 19.0 Å². The fourth-order valence-corrected chi connectivity index (χ4v) is 4.17. The quantitative estimate of drug-likeness (QED) is 0.709. The van der Waals surface area contributed by atoms with Gasteiger partial charge in [-0.2, -0.15) is 0 Å². The molecule has 3 nitrogen and oxygen atoms in total. The zero-order valence-electron chi connectivity index (χ0n) is 14.4. The first-order chi connectivity index (χ1) is 10.0. The van der Waals surface area contributed by atoms with E-state index in [1.54, 1.807) is 0 Å². The van der Waals surface area contributed by atoms with Gasteiger partial charge in [0.05, 0.1) is 6.10 Å². The predicted molar refractivity (Wildman–Crippen MR) is 89.5 cm³/mol. The Morgan fingerprint density at radius 1 is 1.29 bits per heavy atom. The number of rotatable bonds is 7. The van der Waals surface area contributed by atoms with Gasteiger partial charge in [0.25, 0.3) is 0 Å². The summed E-state index contributed by atoms with van der Waals surface area (Å²) in [5, 5.41) is 13.5. The smallest absolute Gasteiger partial charge is 0.0552 e. The highest BCUT2D eigenvalue weighted by Gasteiger charge is 2.37. The standard InChI is InChI=1S/C18H36N2O/c1-4-10-19-13-18(8-5-15(2)6-9-18)14-20-11-7-17(12-20)16(3)21/h15-17,19,21H,4-14H2,1-3H3. The van der Waals surface area contributed by atoms with Gasteiger partial charge in [-0.25, -0.2) is 0 Å². The monoisotopic (exact) mass is 296 g/mol. The topological polar surface area (TPSA) is 35.5 Å². The van der Waals surface area contributed by atoms with Gasteiger partial charge in [0.15, 0.2) is 0 Å². The van der Waals surface area contributed by atoms with Crippen LogP contribution in [0.1, 0.15) is 59.3 Å². The van der Waals surface area contributed by atoms with E-state index in [1.165, 1.54) is 58.2 Å². The Bertz CT molecular complexity index is 298. The molecule has 1 heterocycles. The Kier molecular flexibility index (Phi) is 6.51. The Labute approximate surface area is 131 Å². The minimum Gasteiger partial charge on any atom is -0.393 e. The first-order valence-corrected chi connectivity index (χ1v) is 9.16. The van der Waals surface area contributed by atoms with Crippen LogP contribution in [0.25, 0.3) is 0 Å². The van der Waals surface area contributed by atoms with E-state index in [1.807, 2.05) is 6.92 Å². The Hall–Kier alpha value is -0.120. The number of aliphatic hydroxyl groups is 1. The van der Waals surface area contributed by atoms with Crippen molar-refractivity contribution in [2.24, 2.45) is 17.3 Å². The number of likely N-dealkylation sites (tertiary alicyclic amines) is 1. The van der Waals surface area contributed by atoms with Crippen LogP contribution in [-0.4, -0.2) is 48.8 Å². The molecule has 1 saturated heterocycles. The van der Waals surface area contributed by atoms with Gasteiger partial charge in [-0.1, -0.05) is 26.7 Å². The van der Waals surface area contributed by atoms with E-state index in [9.17, 15) is 5.11 Å². The molecule has 0 amide bonds. The highest BCUT2D eigenvalue weighted by molar-refractivity contribution is 4.91. The molecule has 2 aliphatic rings. The van der Waals surface area contributed by atoms with Crippen molar-refractivity contribution in [3.05, 3.63) is 0 Å². The maximum absolute atomic E-state index is 9.81. The summed E-state index contributed by atoms with van der Waals surface area (Å²) < 4.78 is 0. The second-order valence-corrected chi connectivity index (χ2v) is 7.88. The first kappa shape index (κ1) is 17.2. The van der Waals surface area contributed by atoms with Gasteiger partial charge < -0.3 is 15.3 Å². The van der Waals surface area contributed by atoms with Crippen LogP contribution in [0.2, 0.25) is 0 Å². The molecule has 2 N–H and O–H groups in total. The number of nitrogens with one attached hydrogen (secondary N) is 1. The summed E-state index contributed by atoms with van der Waals surface area (Å²) in [7, 11) is 0. The van der Waals surface area contributed by atoms with Crippen LogP contribution < -0.4 is 5.32 Å².